The van der Waals surface area contributed by atoms with Crippen LogP contribution < -0.4 is 5.43 Å². The predicted molar refractivity (Wildman–Crippen MR) is 85.8 cm³/mol. The third-order valence-electron chi connectivity index (χ3n) is 3.02. The van der Waals surface area contributed by atoms with Crippen LogP contribution in [-0.4, -0.2) is 17.4 Å². The number of amides is 1. The Hall–Kier alpha value is -1.81. The molecule has 0 saturated carbocycles. The zero-order chi connectivity index (χ0) is 14.4. The normalized spacial score (nSPS) is 18.8. The third-order valence-corrected chi connectivity index (χ3v) is 4.10. The fourth-order valence-corrected chi connectivity index (χ4v) is 2.72. The van der Waals surface area contributed by atoms with Crippen molar-refractivity contribution < 1.29 is 4.79 Å². The Morgan fingerprint density at radius 3 is 3.00 bits per heavy atom. The van der Waals surface area contributed by atoms with Crippen molar-refractivity contribution in [3.05, 3.63) is 48.6 Å². The molecule has 0 bridgehead atoms. The van der Waals surface area contributed by atoms with Crippen LogP contribution in [0.4, 0.5) is 0 Å². The summed E-state index contributed by atoms with van der Waals surface area (Å²) in [4.78, 5) is 12.4. The van der Waals surface area contributed by atoms with E-state index in [1.807, 2.05) is 31.2 Å². The van der Waals surface area contributed by atoms with Gasteiger partial charge in [-0.1, -0.05) is 37.3 Å². The van der Waals surface area contributed by atoms with E-state index in [1.54, 1.807) is 11.8 Å². The molecule has 104 valence electrons. The molecule has 1 unspecified atom stereocenters. The second kappa shape index (κ2) is 7.10. The average molecular weight is 286 g/mol. The maximum Gasteiger partial charge on any atom is 0.240 e. The Morgan fingerprint density at radius 1 is 1.45 bits per heavy atom. The summed E-state index contributed by atoms with van der Waals surface area (Å²) in [6.07, 6.45) is 6.43. The van der Waals surface area contributed by atoms with Crippen molar-refractivity contribution in [1.29, 1.82) is 0 Å². The van der Waals surface area contributed by atoms with Crippen LogP contribution in [0.5, 0.6) is 0 Å². The highest BCUT2D eigenvalue weighted by Crippen LogP contribution is 2.24. The number of benzene rings is 1. The molecule has 0 radical (unpaired) electrons. The van der Waals surface area contributed by atoms with Crippen LogP contribution in [0.1, 0.15) is 18.9 Å². The first-order chi connectivity index (χ1) is 9.70. The number of carbonyl (C=O) groups excluding carboxylic acids is 1. The molecular weight excluding hydrogens is 268 g/mol. The summed E-state index contributed by atoms with van der Waals surface area (Å²) in [7, 11) is 0. The minimum absolute atomic E-state index is 0.0170. The van der Waals surface area contributed by atoms with Crippen molar-refractivity contribution in [2.24, 2.45) is 11.0 Å². The van der Waals surface area contributed by atoms with Gasteiger partial charge in [0, 0.05) is 23.0 Å². The van der Waals surface area contributed by atoms with Crippen molar-refractivity contribution >= 4 is 29.5 Å². The van der Waals surface area contributed by atoms with Gasteiger partial charge in [-0.3, -0.25) is 4.79 Å². The largest absolute Gasteiger partial charge is 0.273 e. The van der Waals surface area contributed by atoms with Crippen molar-refractivity contribution in [2.45, 2.75) is 18.2 Å². The topological polar surface area (TPSA) is 41.5 Å². The van der Waals surface area contributed by atoms with Crippen LogP contribution in [-0.2, 0) is 4.79 Å². The van der Waals surface area contributed by atoms with Crippen molar-refractivity contribution in [1.82, 2.24) is 5.43 Å². The second-order valence-corrected chi connectivity index (χ2v) is 5.71. The SMILES string of the molecule is C=CCSc1ccccc1C=CC1=NNC(=O)CC1C. The van der Waals surface area contributed by atoms with E-state index in [0.717, 1.165) is 17.0 Å². The zero-order valence-electron chi connectivity index (χ0n) is 11.5. The Balaban J connectivity index is 2.15. The lowest BCUT2D eigenvalue weighted by Gasteiger charge is -2.16. The maximum atomic E-state index is 11.2. The molecule has 0 aromatic heterocycles. The summed E-state index contributed by atoms with van der Waals surface area (Å²) in [5.41, 5.74) is 4.60. The van der Waals surface area contributed by atoms with Gasteiger partial charge in [0.25, 0.3) is 0 Å². The molecule has 1 amide bonds. The molecule has 1 aromatic carbocycles. The first-order valence-electron chi connectivity index (χ1n) is 6.58. The van der Waals surface area contributed by atoms with Gasteiger partial charge in [0.1, 0.15) is 0 Å². The number of hydrogen-bond donors (Lipinski definition) is 1. The van der Waals surface area contributed by atoms with Gasteiger partial charge in [0.05, 0.1) is 5.71 Å². The number of thioether (sulfide) groups is 1. The number of rotatable bonds is 5. The molecule has 1 atom stereocenters. The summed E-state index contributed by atoms with van der Waals surface area (Å²) in [5.74, 6) is 1.03. The van der Waals surface area contributed by atoms with Gasteiger partial charge >= 0.3 is 0 Å². The van der Waals surface area contributed by atoms with Crippen LogP contribution in [0.25, 0.3) is 6.08 Å². The summed E-state index contributed by atoms with van der Waals surface area (Å²) >= 11 is 1.76. The van der Waals surface area contributed by atoms with E-state index in [9.17, 15) is 4.79 Å². The lowest BCUT2D eigenvalue weighted by Crippen LogP contribution is -2.30. The first-order valence-corrected chi connectivity index (χ1v) is 7.56. The molecule has 1 aliphatic rings. The molecule has 4 heteroatoms. The molecule has 0 saturated heterocycles. The monoisotopic (exact) mass is 286 g/mol. The molecule has 0 spiro atoms. The fourth-order valence-electron chi connectivity index (χ4n) is 1.94. The van der Waals surface area contributed by atoms with Crippen molar-refractivity contribution in [3.63, 3.8) is 0 Å². The van der Waals surface area contributed by atoms with Gasteiger partial charge in [-0.2, -0.15) is 5.10 Å². The number of nitrogens with one attached hydrogen (secondary N) is 1. The highest BCUT2D eigenvalue weighted by molar-refractivity contribution is 7.99. The van der Waals surface area contributed by atoms with E-state index in [-0.39, 0.29) is 11.8 Å². The molecular formula is C16H18N2OS. The highest BCUT2D eigenvalue weighted by atomic mass is 32.2. The van der Waals surface area contributed by atoms with Crippen LogP contribution >= 0.6 is 11.8 Å². The molecule has 2 rings (SSSR count). The number of carbonyl (C=O) groups is 1. The van der Waals surface area contributed by atoms with Crippen LogP contribution in [0.2, 0.25) is 0 Å². The molecule has 1 N–H and O–H groups in total. The standard InChI is InChI=1S/C16H18N2OS/c1-3-10-20-15-7-5-4-6-13(15)8-9-14-12(2)11-16(19)18-17-14/h3-9,12H,1,10-11H2,2H3,(H,18,19). The van der Waals surface area contributed by atoms with E-state index in [1.165, 1.54) is 4.90 Å². The van der Waals surface area contributed by atoms with E-state index in [2.05, 4.69) is 35.3 Å². The maximum absolute atomic E-state index is 11.2. The molecule has 3 nitrogen and oxygen atoms in total. The zero-order valence-corrected chi connectivity index (χ0v) is 12.3. The average Bonchev–Trinajstić information content (AvgIpc) is 2.45. The predicted octanol–water partition coefficient (Wildman–Crippen LogP) is 3.49. The molecule has 0 fully saturated rings. The molecule has 1 aliphatic heterocycles. The van der Waals surface area contributed by atoms with Crippen LogP contribution in [0, 0.1) is 5.92 Å². The van der Waals surface area contributed by atoms with Gasteiger partial charge < -0.3 is 0 Å². The Kier molecular flexibility index (Phi) is 5.18. The molecule has 1 heterocycles. The van der Waals surface area contributed by atoms with Gasteiger partial charge in [-0.05, 0) is 17.7 Å². The Labute approximate surface area is 123 Å². The Bertz CT molecular complexity index is 563. The van der Waals surface area contributed by atoms with Crippen molar-refractivity contribution in [3.8, 4) is 0 Å². The van der Waals surface area contributed by atoms with Crippen LogP contribution in [0.3, 0.4) is 0 Å². The minimum Gasteiger partial charge on any atom is -0.273 e. The van der Waals surface area contributed by atoms with Gasteiger partial charge in [0.15, 0.2) is 0 Å². The number of hydrazone groups is 1. The second-order valence-electron chi connectivity index (χ2n) is 4.65. The van der Waals surface area contributed by atoms with Crippen molar-refractivity contribution in [2.75, 3.05) is 5.75 Å². The Morgan fingerprint density at radius 2 is 2.25 bits per heavy atom. The van der Waals surface area contributed by atoms with Crippen LogP contribution in [0.15, 0.2) is 53.0 Å². The van der Waals surface area contributed by atoms with Gasteiger partial charge in [-0.15, -0.1) is 18.3 Å². The molecule has 0 aliphatic carbocycles. The summed E-state index contributed by atoms with van der Waals surface area (Å²) < 4.78 is 0. The third kappa shape index (κ3) is 3.84. The highest BCUT2D eigenvalue weighted by Gasteiger charge is 2.17. The van der Waals surface area contributed by atoms with Gasteiger partial charge in [-0.25, -0.2) is 5.43 Å². The van der Waals surface area contributed by atoms with E-state index in [0.29, 0.717) is 6.42 Å². The summed E-state index contributed by atoms with van der Waals surface area (Å²) in [6.45, 7) is 5.76. The van der Waals surface area contributed by atoms with E-state index >= 15 is 0 Å². The number of allylic oxidation sites excluding steroid dienone is 1. The number of nitrogens with zero attached hydrogens (tertiary/aromatic N) is 1. The first kappa shape index (κ1) is 14.6. The molecule has 20 heavy (non-hydrogen) atoms. The smallest absolute Gasteiger partial charge is 0.240 e. The summed E-state index contributed by atoms with van der Waals surface area (Å²) in [5, 5.41) is 4.11. The number of hydrogen-bond acceptors (Lipinski definition) is 3. The quantitative estimate of drug-likeness (QED) is 0.665. The van der Waals surface area contributed by atoms with E-state index in [4.69, 9.17) is 0 Å². The summed E-state index contributed by atoms with van der Waals surface area (Å²) in [6, 6.07) is 8.23. The van der Waals surface area contributed by atoms with E-state index < -0.39 is 0 Å². The lowest BCUT2D eigenvalue weighted by atomic mass is 9.99. The van der Waals surface area contributed by atoms with Gasteiger partial charge in [0.2, 0.25) is 5.91 Å². The fraction of sp³-hybridized carbons (Fsp3) is 0.250. The lowest BCUT2D eigenvalue weighted by molar-refractivity contribution is -0.121. The minimum atomic E-state index is -0.0170. The molecule has 1 aromatic rings.